The molecule has 0 fully saturated rings. The number of anilines is 1. The molecule has 1 aliphatic rings. The molecule has 5 heteroatoms. The van der Waals surface area contributed by atoms with Crippen LogP contribution >= 0.6 is 0 Å². The van der Waals surface area contributed by atoms with Crippen LogP contribution in [0.3, 0.4) is 0 Å². The number of carboxylic acids is 1. The van der Waals surface area contributed by atoms with Gasteiger partial charge in [0, 0.05) is 19.3 Å². The van der Waals surface area contributed by atoms with Crippen LogP contribution in [0, 0.1) is 0 Å². The lowest BCUT2D eigenvalue weighted by atomic mass is 10.1. The molecule has 0 spiro atoms. The van der Waals surface area contributed by atoms with Crippen LogP contribution in [-0.2, 0) is 13.1 Å². The fourth-order valence-corrected chi connectivity index (χ4v) is 2.81. The largest absolute Gasteiger partial charge is 0.478 e. The van der Waals surface area contributed by atoms with Crippen LogP contribution in [0.4, 0.5) is 5.82 Å². The molecular formula is C16H12N2O3. The second kappa shape index (κ2) is 4.34. The van der Waals surface area contributed by atoms with Gasteiger partial charge in [0.1, 0.15) is 11.4 Å². The van der Waals surface area contributed by atoms with Crippen molar-refractivity contribution in [1.29, 1.82) is 0 Å². The van der Waals surface area contributed by atoms with Crippen molar-refractivity contribution in [2.75, 3.05) is 4.90 Å². The molecule has 104 valence electrons. The lowest BCUT2D eigenvalue weighted by Gasteiger charge is -2.16. The number of furan rings is 1. The Bertz CT molecular complexity index is 854. The number of carboxylic acid groups (broad SMARTS) is 1. The van der Waals surface area contributed by atoms with Crippen molar-refractivity contribution in [3.8, 4) is 0 Å². The summed E-state index contributed by atoms with van der Waals surface area (Å²) in [5.41, 5.74) is 3.31. The van der Waals surface area contributed by atoms with Crippen LogP contribution in [0.1, 0.15) is 21.5 Å². The lowest BCUT2D eigenvalue weighted by Crippen LogP contribution is -2.15. The number of hydrogen-bond donors (Lipinski definition) is 1. The summed E-state index contributed by atoms with van der Waals surface area (Å²) in [6.07, 6.45) is 3.38. The Kier molecular flexibility index (Phi) is 2.47. The van der Waals surface area contributed by atoms with E-state index in [1.165, 1.54) is 0 Å². The van der Waals surface area contributed by atoms with Gasteiger partial charge in [0.05, 0.1) is 17.2 Å². The first kappa shape index (κ1) is 12.0. The Balaban J connectivity index is 1.73. The average molecular weight is 280 g/mol. The average Bonchev–Trinajstić information content (AvgIpc) is 3.12. The van der Waals surface area contributed by atoms with Crippen molar-refractivity contribution in [3.63, 3.8) is 0 Å². The maximum atomic E-state index is 11.1. The van der Waals surface area contributed by atoms with Gasteiger partial charge in [0.25, 0.3) is 0 Å². The van der Waals surface area contributed by atoms with Crippen molar-refractivity contribution in [2.45, 2.75) is 13.1 Å². The number of hydrogen-bond acceptors (Lipinski definition) is 4. The molecule has 3 aromatic rings. The maximum Gasteiger partial charge on any atom is 0.335 e. The van der Waals surface area contributed by atoms with E-state index >= 15 is 0 Å². The predicted octanol–water partition coefficient (Wildman–Crippen LogP) is 3.05. The molecule has 1 aliphatic heterocycles. The number of nitrogens with zero attached hydrogens (tertiary/aromatic N) is 2. The number of fused-ring (bicyclic) bond motifs is 2. The quantitative estimate of drug-likeness (QED) is 0.781. The van der Waals surface area contributed by atoms with E-state index in [-0.39, 0.29) is 0 Å². The van der Waals surface area contributed by atoms with Crippen LogP contribution in [-0.4, -0.2) is 16.1 Å². The zero-order valence-electron chi connectivity index (χ0n) is 11.1. The summed E-state index contributed by atoms with van der Waals surface area (Å²) in [6, 6.07) is 9.02. The van der Waals surface area contributed by atoms with Gasteiger partial charge in [0.15, 0.2) is 0 Å². The molecule has 4 rings (SSSR count). The van der Waals surface area contributed by atoms with Crippen LogP contribution in [0.25, 0.3) is 11.0 Å². The molecule has 2 aromatic heterocycles. The van der Waals surface area contributed by atoms with Crippen molar-refractivity contribution in [2.24, 2.45) is 0 Å². The third kappa shape index (κ3) is 1.86. The zero-order chi connectivity index (χ0) is 14.4. The van der Waals surface area contributed by atoms with Crippen LogP contribution in [0.5, 0.6) is 0 Å². The number of benzene rings is 1. The highest BCUT2D eigenvalue weighted by Gasteiger charge is 2.23. The monoisotopic (exact) mass is 280 g/mol. The van der Waals surface area contributed by atoms with Crippen LogP contribution < -0.4 is 4.90 Å². The van der Waals surface area contributed by atoms with Gasteiger partial charge in [-0.25, -0.2) is 9.78 Å². The van der Waals surface area contributed by atoms with E-state index in [4.69, 9.17) is 9.52 Å². The summed E-state index contributed by atoms with van der Waals surface area (Å²) in [6.45, 7) is 1.39. The smallest absolute Gasteiger partial charge is 0.335 e. The molecule has 0 saturated carbocycles. The van der Waals surface area contributed by atoms with E-state index in [9.17, 15) is 4.79 Å². The summed E-state index contributed by atoms with van der Waals surface area (Å²) in [5, 5.41) is 10.0. The third-order valence-electron chi connectivity index (χ3n) is 3.83. The van der Waals surface area contributed by atoms with Gasteiger partial charge >= 0.3 is 5.97 Å². The van der Waals surface area contributed by atoms with Crippen LogP contribution in [0.2, 0.25) is 0 Å². The first-order chi connectivity index (χ1) is 10.2. The van der Waals surface area contributed by atoms with Gasteiger partial charge in [0.2, 0.25) is 0 Å². The van der Waals surface area contributed by atoms with Gasteiger partial charge in [-0.05, 0) is 35.4 Å². The summed E-state index contributed by atoms with van der Waals surface area (Å²) in [7, 11) is 0. The SMILES string of the molecule is O=C(O)c1ccc2c(c1)CN(c1nccc3occc13)C2. The molecule has 0 bridgehead atoms. The van der Waals surface area contributed by atoms with Gasteiger partial charge in [-0.3, -0.25) is 0 Å². The van der Waals surface area contributed by atoms with Gasteiger partial charge in [-0.1, -0.05) is 6.07 Å². The van der Waals surface area contributed by atoms with E-state index < -0.39 is 5.97 Å². The highest BCUT2D eigenvalue weighted by Crippen LogP contribution is 2.32. The predicted molar refractivity (Wildman–Crippen MR) is 77.3 cm³/mol. The van der Waals surface area contributed by atoms with Gasteiger partial charge in [-0.15, -0.1) is 0 Å². The Hall–Kier alpha value is -2.82. The Morgan fingerprint density at radius 1 is 1.19 bits per heavy atom. The van der Waals surface area contributed by atoms with E-state index in [1.807, 2.05) is 18.2 Å². The molecular weight excluding hydrogens is 268 g/mol. The molecule has 1 aromatic carbocycles. The summed E-state index contributed by atoms with van der Waals surface area (Å²) < 4.78 is 5.40. The number of aromatic nitrogens is 1. The molecule has 0 unspecified atom stereocenters. The van der Waals surface area contributed by atoms with Crippen molar-refractivity contribution >= 4 is 22.8 Å². The Labute approximate surface area is 120 Å². The molecule has 21 heavy (non-hydrogen) atoms. The first-order valence-electron chi connectivity index (χ1n) is 6.64. The fraction of sp³-hybridized carbons (Fsp3) is 0.125. The minimum atomic E-state index is -0.897. The van der Waals surface area contributed by atoms with Crippen molar-refractivity contribution in [1.82, 2.24) is 4.98 Å². The minimum absolute atomic E-state index is 0.324. The minimum Gasteiger partial charge on any atom is -0.478 e. The second-order valence-corrected chi connectivity index (χ2v) is 5.11. The van der Waals surface area contributed by atoms with Crippen molar-refractivity contribution < 1.29 is 14.3 Å². The summed E-state index contributed by atoms with van der Waals surface area (Å²) in [4.78, 5) is 17.6. The molecule has 0 radical (unpaired) electrons. The topological polar surface area (TPSA) is 66.6 Å². The van der Waals surface area contributed by atoms with E-state index in [0.29, 0.717) is 12.1 Å². The van der Waals surface area contributed by atoms with E-state index in [1.54, 1.807) is 24.6 Å². The standard InChI is InChI=1S/C16H12N2O3/c19-16(20)10-1-2-11-8-18(9-12(11)7-10)15-13-4-6-21-14(13)3-5-17-15/h1-7H,8-9H2,(H,19,20). The van der Waals surface area contributed by atoms with E-state index in [2.05, 4.69) is 9.88 Å². The van der Waals surface area contributed by atoms with Crippen LogP contribution in [0.15, 0.2) is 47.2 Å². The number of carbonyl (C=O) groups is 1. The molecule has 0 aliphatic carbocycles. The Morgan fingerprint density at radius 3 is 2.90 bits per heavy atom. The lowest BCUT2D eigenvalue weighted by molar-refractivity contribution is 0.0697. The highest BCUT2D eigenvalue weighted by molar-refractivity contribution is 5.89. The fourth-order valence-electron chi connectivity index (χ4n) is 2.81. The Morgan fingerprint density at radius 2 is 2.05 bits per heavy atom. The number of rotatable bonds is 2. The third-order valence-corrected chi connectivity index (χ3v) is 3.83. The second-order valence-electron chi connectivity index (χ2n) is 5.11. The molecule has 5 nitrogen and oxygen atoms in total. The molecule has 0 amide bonds. The first-order valence-corrected chi connectivity index (χ1v) is 6.64. The summed E-state index contributed by atoms with van der Waals surface area (Å²) in [5.74, 6) is -0.0272. The molecule has 0 saturated heterocycles. The molecule has 0 atom stereocenters. The van der Waals surface area contributed by atoms with E-state index in [0.717, 1.165) is 34.5 Å². The van der Waals surface area contributed by atoms with Gasteiger partial charge < -0.3 is 14.4 Å². The molecule has 3 heterocycles. The summed E-state index contributed by atoms with van der Waals surface area (Å²) >= 11 is 0. The number of aromatic carboxylic acids is 1. The maximum absolute atomic E-state index is 11.1. The van der Waals surface area contributed by atoms with Crippen molar-refractivity contribution in [3.05, 3.63) is 59.5 Å². The molecule has 1 N–H and O–H groups in total. The normalized spacial score (nSPS) is 13.6. The number of pyridine rings is 1. The zero-order valence-corrected chi connectivity index (χ0v) is 11.1. The van der Waals surface area contributed by atoms with Gasteiger partial charge in [-0.2, -0.15) is 0 Å². The highest BCUT2D eigenvalue weighted by atomic mass is 16.4.